The van der Waals surface area contributed by atoms with E-state index in [1.54, 1.807) is 13.8 Å². The van der Waals surface area contributed by atoms with Gasteiger partial charge in [0.1, 0.15) is 11.4 Å². The number of hydrogen-bond donors (Lipinski definition) is 0. The smallest absolute Gasteiger partial charge is 0.334 e. The van der Waals surface area contributed by atoms with E-state index in [0.717, 1.165) is 11.1 Å². The third kappa shape index (κ3) is 4.17. The fraction of sp³-hybridized carbons (Fsp3) is 0.346. The molecule has 0 N–H and O–H groups in total. The van der Waals surface area contributed by atoms with Crippen LogP contribution in [0.15, 0.2) is 71.8 Å². The second-order valence-corrected chi connectivity index (χ2v) is 10.3. The number of fused-ring (bicyclic) bond motifs is 1. The zero-order valence-corrected chi connectivity index (χ0v) is 19.9. The zero-order valence-electron chi connectivity index (χ0n) is 19.1. The molecule has 0 aliphatic carbocycles. The lowest BCUT2D eigenvalue weighted by Crippen LogP contribution is -2.59. The number of esters is 2. The van der Waals surface area contributed by atoms with Crippen LogP contribution in [0.4, 0.5) is 0 Å². The van der Waals surface area contributed by atoms with E-state index in [1.807, 2.05) is 74.5 Å². The van der Waals surface area contributed by atoms with Crippen LogP contribution in [0.3, 0.4) is 0 Å². The summed E-state index contributed by atoms with van der Waals surface area (Å²) in [5.74, 6) is -1.28. The highest BCUT2D eigenvalue weighted by Gasteiger charge is 2.62. The van der Waals surface area contributed by atoms with Crippen LogP contribution in [0, 0.1) is 0 Å². The van der Waals surface area contributed by atoms with E-state index in [9.17, 15) is 14.4 Å². The Morgan fingerprint density at radius 3 is 2.09 bits per heavy atom. The highest BCUT2D eigenvalue weighted by atomic mass is 32.2. The van der Waals surface area contributed by atoms with Gasteiger partial charge in [0, 0.05) is 10.3 Å². The molecule has 2 aromatic rings. The summed E-state index contributed by atoms with van der Waals surface area (Å²) in [6.45, 7) is 7.40. The average Bonchev–Trinajstić information content (AvgIpc) is 3.05. The molecule has 0 aromatic heterocycles. The molecule has 172 valence electrons. The van der Waals surface area contributed by atoms with Gasteiger partial charge in [0.05, 0.1) is 12.2 Å². The fourth-order valence-electron chi connectivity index (χ4n) is 4.34. The van der Waals surface area contributed by atoms with Crippen molar-refractivity contribution in [2.24, 2.45) is 0 Å². The summed E-state index contributed by atoms with van der Waals surface area (Å²) in [6, 6.07) is 18.3. The van der Waals surface area contributed by atoms with Crippen LogP contribution in [-0.4, -0.2) is 45.5 Å². The van der Waals surface area contributed by atoms with Gasteiger partial charge in [-0.25, -0.2) is 9.59 Å². The Morgan fingerprint density at radius 2 is 1.58 bits per heavy atom. The van der Waals surface area contributed by atoms with Gasteiger partial charge < -0.3 is 14.4 Å². The van der Waals surface area contributed by atoms with Gasteiger partial charge in [0.25, 0.3) is 5.91 Å². The van der Waals surface area contributed by atoms with Gasteiger partial charge in [-0.3, -0.25) is 4.79 Å². The molecule has 6 nitrogen and oxygen atoms in total. The molecular weight excluding hydrogens is 438 g/mol. The van der Waals surface area contributed by atoms with Crippen LogP contribution in [0.5, 0.6) is 0 Å². The SMILES string of the molecule is CCOC(=O)/C(C)=C1/C(=O)N2[C@@H]1SC(C)(C)[C@@H]2C(=O)OC(c1ccccc1)c1ccccc1. The maximum absolute atomic E-state index is 13.5. The Kier molecular flexibility index (Phi) is 6.34. The van der Waals surface area contributed by atoms with Gasteiger partial charge in [-0.1, -0.05) is 60.7 Å². The first-order chi connectivity index (χ1) is 15.8. The van der Waals surface area contributed by atoms with Crippen molar-refractivity contribution in [3.8, 4) is 0 Å². The van der Waals surface area contributed by atoms with Gasteiger partial charge in [-0.15, -0.1) is 11.8 Å². The molecule has 0 unspecified atom stereocenters. The van der Waals surface area contributed by atoms with Crippen molar-refractivity contribution >= 4 is 29.6 Å². The number of thioether (sulfide) groups is 1. The Hall–Kier alpha value is -3.06. The molecule has 4 rings (SSSR count). The molecule has 2 heterocycles. The molecule has 2 saturated heterocycles. The average molecular weight is 466 g/mol. The summed E-state index contributed by atoms with van der Waals surface area (Å²) in [6.07, 6.45) is -0.590. The van der Waals surface area contributed by atoms with Gasteiger partial charge in [-0.05, 0) is 38.8 Å². The van der Waals surface area contributed by atoms with E-state index in [4.69, 9.17) is 9.47 Å². The quantitative estimate of drug-likeness (QED) is 0.361. The molecule has 33 heavy (non-hydrogen) atoms. The minimum Gasteiger partial charge on any atom is -0.463 e. The fourth-order valence-corrected chi connectivity index (χ4v) is 5.98. The Balaban J connectivity index is 1.62. The maximum atomic E-state index is 13.5. The molecule has 1 amide bonds. The zero-order chi connectivity index (χ0) is 23.8. The lowest BCUT2D eigenvalue weighted by molar-refractivity contribution is -0.160. The topological polar surface area (TPSA) is 72.9 Å². The Bertz CT molecular complexity index is 1060. The van der Waals surface area contributed by atoms with E-state index >= 15 is 0 Å². The molecule has 7 heteroatoms. The number of β-lactam (4-membered cyclic amide) rings is 1. The third-order valence-corrected chi connectivity index (χ3v) is 7.48. The lowest BCUT2D eigenvalue weighted by atomic mass is 9.93. The van der Waals surface area contributed by atoms with E-state index in [0.29, 0.717) is 11.1 Å². The standard InChI is InChI=1S/C26H27NO5S/c1-5-31-24(29)16(2)19-22(28)27-21(26(3,4)33-23(19)27)25(30)32-20(17-12-8-6-9-13-17)18-14-10-7-11-15-18/h6-15,20-21,23H,5H2,1-4H3/b19-16-/t21-,23+/m0/s1. The van der Waals surface area contributed by atoms with Gasteiger partial charge in [0.2, 0.25) is 0 Å². The monoisotopic (exact) mass is 465 g/mol. The van der Waals surface area contributed by atoms with Gasteiger partial charge in [0.15, 0.2) is 6.10 Å². The molecule has 0 radical (unpaired) electrons. The number of nitrogens with zero attached hydrogens (tertiary/aromatic N) is 1. The first kappa shape index (κ1) is 23.1. The van der Waals surface area contributed by atoms with E-state index in [1.165, 1.54) is 16.7 Å². The molecule has 2 aliphatic heterocycles. The van der Waals surface area contributed by atoms with Crippen molar-refractivity contribution in [1.82, 2.24) is 4.90 Å². The molecule has 0 saturated carbocycles. The maximum Gasteiger partial charge on any atom is 0.334 e. The summed E-state index contributed by atoms with van der Waals surface area (Å²) < 4.78 is 10.5. The van der Waals surface area contributed by atoms with Crippen molar-refractivity contribution < 1.29 is 23.9 Å². The first-order valence-electron chi connectivity index (χ1n) is 10.9. The van der Waals surface area contributed by atoms with Crippen LogP contribution in [-0.2, 0) is 23.9 Å². The molecule has 2 fully saturated rings. The number of rotatable bonds is 6. The summed E-state index contributed by atoms with van der Waals surface area (Å²) in [5, 5.41) is -0.374. The molecule has 0 bridgehead atoms. The molecule has 2 aliphatic rings. The number of hydrogen-bond acceptors (Lipinski definition) is 6. The lowest BCUT2D eigenvalue weighted by Gasteiger charge is -2.40. The van der Waals surface area contributed by atoms with Crippen LogP contribution in [0.2, 0.25) is 0 Å². The van der Waals surface area contributed by atoms with Gasteiger partial charge in [-0.2, -0.15) is 0 Å². The van der Waals surface area contributed by atoms with Crippen LogP contribution in [0.25, 0.3) is 0 Å². The van der Waals surface area contributed by atoms with Crippen molar-refractivity contribution in [1.29, 1.82) is 0 Å². The molecule has 2 atom stereocenters. The normalized spacial score (nSPS) is 22.5. The second kappa shape index (κ2) is 9.06. The van der Waals surface area contributed by atoms with Gasteiger partial charge >= 0.3 is 11.9 Å². The molecular formula is C26H27NO5S. The van der Waals surface area contributed by atoms with E-state index in [2.05, 4.69) is 0 Å². The van der Waals surface area contributed by atoms with Crippen molar-refractivity contribution in [3.05, 3.63) is 82.9 Å². The number of benzene rings is 2. The van der Waals surface area contributed by atoms with Crippen molar-refractivity contribution in [3.63, 3.8) is 0 Å². The summed E-state index contributed by atoms with van der Waals surface area (Å²) in [7, 11) is 0. The number of carbonyl (C=O) groups excluding carboxylic acids is 3. The summed E-state index contributed by atoms with van der Waals surface area (Å²) in [4.78, 5) is 40.3. The first-order valence-corrected chi connectivity index (χ1v) is 11.8. The Labute approximate surface area is 197 Å². The van der Waals surface area contributed by atoms with Crippen molar-refractivity contribution in [2.45, 2.75) is 50.0 Å². The van der Waals surface area contributed by atoms with E-state index < -0.39 is 28.8 Å². The van der Waals surface area contributed by atoms with E-state index in [-0.39, 0.29) is 17.9 Å². The predicted octanol–water partition coefficient (Wildman–Crippen LogP) is 4.26. The highest BCUT2D eigenvalue weighted by molar-refractivity contribution is 8.01. The third-order valence-electron chi connectivity index (χ3n) is 5.96. The van der Waals surface area contributed by atoms with Crippen LogP contribution < -0.4 is 0 Å². The predicted molar refractivity (Wildman–Crippen MR) is 126 cm³/mol. The van der Waals surface area contributed by atoms with Crippen molar-refractivity contribution in [2.75, 3.05) is 6.61 Å². The Morgan fingerprint density at radius 1 is 1.03 bits per heavy atom. The van der Waals surface area contributed by atoms with Crippen LogP contribution >= 0.6 is 11.8 Å². The minimum atomic E-state index is -0.770. The summed E-state index contributed by atoms with van der Waals surface area (Å²) in [5.41, 5.74) is 2.41. The molecule has 0 spiro atoms. The largest absolute Gasteiger partial charge is 0.463 e. The number of carbonyl (C=O) groups is 3. The summed E-state index contributed by atoms with van der Waals surface area (Å²) >= 11 is 1.49. The highest BCUT2D eigenvalue weighted by Crippen LogP contribution is 2.54. The second-order valence-electron chi connectivity index (χ2n) is 8.59. The number of amides is 1. The minimum absolute atomic E-state index is 0.236. The number of ether oxygens (including phenoxy) is 2. The molecule has 2 aromatic carbocycles. The van der Waals surface area contributed by atoms with Crippen LogP contribution in [0.1, 0.15) is 44.9 Å².